The van der Waals surface area contributed by atoms with Crippen LogP contribution in [0.5, 0.6) is 0 Å². The average molecular weight is 443 g/mol. The van der Waals surface area contributed by atoms with Gasteiger partial charge in [-0.05, 0) is 42.0 Å². The maximum absolute atomic E-state index is 13.1. The van der Waals surface area contributed by atoms with Crippen LogP contribution in [0.1, 0.15) is 62.5 Å². The SMILES string of the molecule is CC[C@H](C)NC(=O)c1c(N)n(/N=C\c2ccc(C(C)(C)C)cc2)c2nc3ccccc3nc12. The molecule has 0 bridgehead atoms. The summed E-state index contributed by atoms with van der Waals surface area (Å²) in [4.78, 5) is 22.5. The van der Waals surface area contributed by atoms with Gasteiger partial charge in [0.1, 0.15) is 16.9 Å². The molecule has 0 aliphatic heterocycles. The van der Waals surface area contributed by atoms with Gasteiger partial charge in [-0.3, -0.25) is 4.79 Å². The van der Waals surface area contributed by atoms with Crippen molar-refractivity contribution in [2.45, 2.75) is 52.5 Å². The molecule has 0 saturated heterocycles. The van der Waals surface area contributed by atoms with E-state index in [1.807, 2.05) is 50.2 Å². The maximum atomic E-state index is 13.1. The Hall–Kier alpha value is -3.74. The number of nitrogen functional groups attached to an aromatic ring is 1. The van der Waals surface area contributed by atoms with Crippen LogP contribution in [0.4, 0.5) is 5.82 Å². The summed E-state index contributed by atoms with van der Waals surface area (Å²) in [6.45, 7) is 10.5. The topological polar surface area (TPSA) is 98.2 Å². The van der Waals surface area contributed by atoms with Gasteiger partial charge in [0, 0.05) is 6.04 Å². The first-order chi connectivity index (χ1) is 15.7. The van der Waals surface area contributed by atoms with E-state index in [-0.39, 0.29) is 23.2 Å². The molecule has 0 aliphatic carbocycles. The summed E-state index contributed by atoms with van der Waals surface area (Å²) >= 11 is 0. The minimum Gasteiger partial charge on any atom is -0.383 e. The molecule has 4 rings (SSSR count). The van der Waals surface area contributed by atoms with Gasteiger partial charge in [0.25, 0.3) is 5.91 Å². The van der Waals surface area contributed by atoms with Crippen LogP contribution in [0, 0.1) is 0 Å². The van der Waals surface area contributed by atoms with Crippen molar-refractivity contribution >= 4 is 40.1 Å². The van der Waals surface area contributed by atoms with E-state index >= 15 is 0 Å². The van der Waals surface area contributed by atoms with Gasteiger partial charge >= 0.3 is 0 Å². The molecule has 0 spiro atoms. The molecule has 0 radical (unpaired) electrons. The number of carbonyl (C=O) groups excluding carboxylic acids is 1. The van der Waals surface area contributed by atoms with Gasteiger partial charge < -0.3 is 11.1 Å². The van der Waals surface area contributed by atoms with Gasteiger partial charge in [0.05, 0.1) is 17.2 Å². The lowest BCUT2D eigenvalue weighted by Gasteiger charge is -2.18. The Morgan fingerprint density at radius 1 is 1.12 bits per heavy atom. The number of nitrogens with two attached hydrogens (primary N) is 1. The Labute approximate surface area is 193 Å². The van der Waals surface area contributed by atoms with E-state index in [0.29, 0.717) is 27.8 Å². The number of para-hydroxylation sites is 2. The first kappa shape index (κ1) is 22.5. The lowest BCUT2D eigenvalue weighted by molar-refractivity contribution is 0.0941. The highest BCUT2D eigenvalue weighted by Gasteiger charge is 2.24. The Morgan fingerprint density at radius 3 is 2.36 bits per heavy atom. The lowest BCUT2D eigenvalue weighted by atomic mass is 9.87. The fourth-order valence-electron chi connectivity index (χ4n) is 3.58. The molecule has 2 heterocycles. The average Bonchev–Trinajstić information content (AvgIpc) is 3.05. The van der Waals surface area contributed by atoms with Gasteiger partial charge in [-0.25, -0.2) is 9.97 Å². The van der Waals surface area contributed by atoms with Crippen molar-refractivity contribution in [1.82, 2.24) is 20.0 Å². The van der Waals surface area contributed by atoms with Crippen LogP contribution in [-0.4, -0.2) is 32.8 Å². The van der Waals surface area contributed by atoms with Crippen LogP contribution in [0.3, 0.4) is 0 Å². The van der Waals surface area contributed by atoms with Crippen LogP contribution < -0.4 is 11.1 Å². The third-order valence-corrected chi connectivity index (χ3v) is 5.79. The van der Waals surface area contributed by atoms with E-state index in [4.69, 9.17) is 15.7 Å². The number of fused-ring (bicyclic) bond motifs is 2. The van der Waals surface area contributed by atoms with Gasteiger partial charge in [0.15, 0.2) is 5.65 Å². The first-order valence-electron chi connectivity index (χ1n) is 11.2. The van der Waals surface area contributed by atoms with E-state index in [1.54, 1.807) is 6.21 Å². The van der Waals surface area contributed by atoms with Crippen LogP contribution >= 0.6 is 0 Å². The molecule has 3 N–H and O–H groups in total. The number of carbonyl (C=O) groups is 1. The van der Waals surface area contributed by atoms with E-state index in [1.165, 1.54) is 10.2 Å². The normalized spacial score (nSPS) is 13.1. The number of aromatic nitrogens is 3. The maximum Gasteiger partial charge on any atom is 0.257 e. The molecule has 33 heavy (non-hydrogen) atoms. The summed E-state index contributed by atoms with van der Waals surface area (Å²) in [7, 11) is 0. The Morgan fingerprint density at radius 2 is 1.76 bits per heavy atom. The zero-order chi connectivity index (χ0) is 23.8. The number of nitrogens with zero attached hydrogens (tertiary/aromatic N) is 4. The summed E-state index contributed by atoms with van der Waals surface area (Å²) in [5.74, 6) is -0.0661. The number of anilines is 1. The van der Waals surface area contributed by atoms with Crippen LogP contribution in [-0.2, 0) is 5.41 Å². The predicted molar refractivity (Wildman–Crippen MR) is 135 cm³/mol. The van der Waals surface area contributed by atoms with E-state index < -0.39 is 0 Å². The Bertz CT molecular complexity index is 1350. The molecule has 1 atom stereocenters. The van der Waals surface area contributed by atoms with E-state index in [2.05, 4.69) is 43.3 Å². The van der Waals surface area contributed by atoms with Crippen molar-refractivity contribution in [1.29, 1.82) is 0 Å². The molecular formula is C26H30N6O. The van der Waals surface area contributed by atoms with Crippen molar-refractivity contribution < 1.29 is 4.79 Å². The zero-order valence-electron chi connectivity index (χ0n) is 19.8. The molecular weight excluding hydrogens is 412 g/mol. The van der Waals surface area contributed by atoms with Gasteiger partial charge in [-0.1, -0.05) is 64.1 Å². The second kappa shape index (κ2) is 8.65. The summed E-state index contributed by atoms with van der Waals surface area (Å²) in [5, 5.41) is 7.57. The van der Waals surface area contributed by atoms with Crippen molar-refractivity contribution in [3.8, 4) is 0 Å². The van der Waals surface area contributed by atoms with E-state index in [0.717, 1.165) is 12.0 Å². The second-order valence-corrected chi connectivity index (χ2v) is 9.36. The quantitative estimate of drug-likeness (QED) is 0.431. The highest BCUT2D eigenvalue weighted by atomic mass is 16.1. The molecule has 0 unspecified atom stereocenters. The largest absolute Gasteiger partial charge is 0.383 e. The number of hydrogen-bond donors (Lipinski definition) is 2. The standard InChI is InChI=1S/C26H30N6O/c1-6-16(2)29-25(33)21-22-24(31-20-10-8-7-9-19(20)30-22)32(23(21)27)28-15-17-11-13-18(14-12-17)26(3,4)5/h7-16H,6,27H2,1-5H3,(H,29,33)/b28-15-/t16-/m0/s1. The molecule has 2 aromatic carbocycles. The van der Waals surface area contributed by atoms with E-state index in [9.17, 15) is 4.79 Å². The minimum absolute atomic E-state index is 0.00791. The third-order valence-electron chi connectivity index (χ3n) is 5.79. The third kappa shape index (κ3) is 4.44. The molecule has 1 amide bonds. The molecule has 7 nitrogen and oxygen atoms in total. The lowest BCUT2D eigenvalue weighted by Crippen LogP contribution is -2.32. The van der Waals surface area contributed by atoms with Crippen LogP contribution in [0.15, 0.2) is 53.6 Å². The first-order valence-corrected chi connectivity index (χ1v) is 11.2. The summed E-state index contributed by atoms with van der Waals surface area (Å²) in [5.41, 5.74) is 11.3. The number of rotatable bonds is 5. The smallest absolute Gasteiger partial charge is 0.257 e. The van der Waals surface area contributed by atoms with Crippen LogP contribution in [0.2, 0.25) is 0 Å². The Kier molecular flexibility index (Phi) is 5.89. The number of hydrogen-bond acceptors (Lipinski definition) is 5. The molecule has 0 aliphatic rings. The number of amides is 1. The minimum atomic E-state index is -0.278. The summed E-state index contributed by atoms with van der Waals surface area (Å²) < 4.78 is 1.50. The van der Waals surface area contributed by atoms with Gasteiger partial charge in [0.2, 0.25) is 0 Å². The van der Waals surface area contributed by atoms with Crippen molar-refractivity contribution in [3.63, 3.8) is 0 Å². The molecule has 170 valence electrons. The summed E-state index contributed by atoms with van der Waals surface area (Å²) in [6, 6.07) is 15.8. The summed E-state index contributed by atoms with van der Waals surface area (Å²) in [6.07, 6.45) is 2.52. The predicted octanol–water partition coefficient (Wildman–Crippen LogP) is 4.87. The van der Waals surface area contributed by atoms with Gasteiger partial charge in [-0.15, -0.1) is 0 Å². The van der Waals surface area contributed by atoms with Crippen molar-refractivity contribution in [3.05, 3.63) is 65.2 Å². The number of nitrogens with one attached hydrogen (secondary N) is 1. The second-order valence-electron chi connectivity index (χ2n) is 9.36. The fourth-order valence-corrected chi connectivity index (χ4v) is 3.58. The number of benzene rings is 2. The zero-order valence-corrected chi connectivity index (χ0v) is 19.8. The van der Waals surface area contributed by atoms with Crippen LogP contribution in [0.25, 0.3) is 22.2 Å². The molecule has 0 saturated carbocycles. The fraction of sp³-hybridized carbons (Fsp3) is 0.308. The highest BCUT2D eigenvalue weighted by molar-refractivity contribution is 6.10. The van der Waals surface area contributed by atoms with Crippen molar-refractivity contribution in [2.24, 2.45) is 5.10 Å². The van der Waals surface area contributed by atoms with Crippen molar-refractivity contribution in [2.75, 3.05) is 5.73 Å². The Balaban J connectivity index is 1.83. The highest BCUT2D eigenvalue weighted by Crippen LogP contribution is 2.28. The molecule has 7 heteroatoms. The monoisotopic (exact) mass is 442 g/mol. The molecule has 2 aromatic heterocycles. The molecule has 4 aromatic rings. The molecule has 0 fully saturated rings. The van der Waals surface area contributed by atoms with Gasteiger partial charge in [-0.2, -0.15) is 9.78 Å².